The number of nitriles is 1. The lowest BCUT2D eigenvalue weighted by Crippen LogP contribution is -2.19. The minimum absolute atomic E-state index is 0.0345. The molecular formula is C12H9ClF3NO3. The summed E-state index contributed by atoms with van der Waals surface area (Å²) in [6.45, 7) is 1.58. The molecule has 4 nitrogen and oxygen atoms in total. The number of nitrogens with zero attached hydrogens (tertiary/aromatic N) is 1. The molecule has 1 rings (SSSR count). The van der Waals surface area contributed by atoms with Crippen LogP contribution in [0.1, 0.15) is 28.4 Å². The van der Waals surface area contributed by atoms with Crippen molar-refractivity contribution in [2.45, 2.75) is 19.2 Å². The Hall–Kier alpha value is -1.94. The average Bonchev–Trinajstić information content (AvgIpc) is 2.36. The van der Waals surface area contributed by atoms with Crippen LogP contribution in [0.4, 0.5) is 13.2 Å². The molecule has 0 N–H and O–H groups in total. The lowest BCUT2D eigenvalue weighted by atomic mass is 10.0. The van der Waals surface area contributed by atoms with Crippen LogP contribution < -0.4 is 4.74 Å². The number of hydrogen-bond acceptors (Lipinski definition) is 4. The highest BCUT2D eigenvalue weighted by Crippen LogP contribution is 2.31. The molecule has 1 aromatic rings. The number of benzene rings is 1. The van der Waals surface area contributed by atoms with E-state index < -0.39 is 24.0 Å². The van der Waals surface area contributed by atoms with Crippen LogP contribution in [-0.2, 0) is 10.6 Å². The van der Waals surface area contributed by atoms with Gasteiger partial charge in [0, 0.05) is 5.56 Å². The molecule has 0 saturated heterocycles. The zero-order valence-corrected chi connectivity index (χ0v) is 11.0. The smallest absolute Gasteiger partial charge is 0.462 e. The summed E-state index contributed by atoms with van der Waals surface area (Å²) in [6, 6.07) is 3.62. The van der Waals surface area contributed by atoms with Gasteiger partial charge in [-0.2, -0.15) is 5.26 Å². The van der Waals surface area contributed by atoms with E-state index in [2.05, 4.69) is 4.74 Å². The SMILES string of the molecule is CCOC(=O)c1cc(C#N)cc(OC(F)(F)F)c1CCl. The fourth-order valence-electron chi connectivity index (χ4n) is 1.45. The zero-order chi connectivity index (χ0) is 15.3. The standard InChI is InChI=1S/C12H9ClF3NO3/c1-2-19-11(18)8-3-7(6-17)4-10(9(8)5-13)20-12(14,15)16/h3-4H,2,5H2,1H3. The van der Waals surface area contributed by atoms with E-state index in [-0.39, 0.29) is 23.3 Å². The van der Waals surface area contributed by atoms with Crippen LogP contribution >= 0.6 is 11.6 Å². The summed E-state index contributed by atoms with van der Waals surface area (Å²) in [7, 11) is 0. The van der Waals surface area contributed by atoms with Gasteiger partial charge in [-0.15, -0.1) is 24.8 Å². The number of carbonyl (C=O) groups excluding carboxylic acids is 1. The summed E-state index contributed by atoms with van der Waals surface area (Å²) in [5.41, 5.74) is -0.567. The van der Waals surface area contributed by atoms with Crippen LogP contribution in [0.25, 0.3) is 0 Å². The summed E-state index contributed by atoms with van der Waals surface area (Å²) in [4.78, 5) is 11.7. The van der Waals surface area contributed by atoms with Crippen molar-refractivity contribution < 1.29 is 27.4 Å². The first-order valence-corrected chi connectivity index (χ1v) is 5.91. The van der Waals surface area contributed by atoms with Crippen molar-refractivity contribution in [3.05, 3.63) is 28.8 Å². The summed E-state index contributed by atoms with van der Waals surface area (Å²) < 4.78 is 45.4. The summed E-state index contributed by atoms with van der Waals surface area (Å²) in [5.74, 6) is -1.95. The molecule has 0 spiro atoms. The first-order valence-electron chi connectivity index (χ1n) is 5.38. The van der Waals surface area contributed by atoms with E-state index in [1.54, 1.807) is 13.0 Å². The van der Waals surface area contributed by atoms with E-state index in [1.807, 2.05) is 0 Å². The third kappa shape index (κ3) is 4.03. The Morgan fingerprint density at radius 2 is 2.10 bits per heavy atom. The number of ether oxygens (including phenoxy) is 2. The van der Waals surface area contributed by atoms with Gasteiger partial charge in [0.1, 0.15) is 5.75 Å². The Morgan fingerprint density at radius 3 is 2.55 bits per heavy atom. The van der Waals surface area contributed by atoms with Crippen LogP contribution in [0.5, 0.6) is 5.75 Å². The fraction of sp³-hybridized carbons (Fsp3) is 0.333. The highest BCUT2D eigenvalue weighted by atomic mass is 35.5. The van der Waals surface area contributed by atoms with E-state index in [0.717, 1.165) is 12.1 Å². The average molecular weight is 308 g/mol. The van der Waals surface area contributed by atoms with Crippen LogP contribution in [0.2, 0.25) is 0 Å². The monoisotopic (exact) mass is 307 g/mol. The molecule has 0 bridgehead atoms. The molecule has 20 heavy (non-hydrogen) atoms. The second-order valence-electron chi connectivity index (χ2n) is 3.51. The van der Waals surface area contributed by atoms with E-state index in [1.165, 1.54) is 0 Å². The van der Waals surface area contributed by atoms with Crippen molar-refractivity contribution in [3.8, 4) is 11.8 Å². The number of carbonyl (C=O) groups is 1. The van der Waals surface area contributed by atoms with Gasteiger partial charge in [0.25, 0.3) is 0 Å². The topological polar surface area (TPSA) is 59.3 Å². The fourth-order valence-corrected chi connectivity index (χ4v) is 1.73. The van der Waals surface area contributed by atoms with E-state index in [9.17, 15) is 18.0 Å². The van der Waals surface area contributed by atoms with Crippen molar-refractivity contribution in [1.29, 1.82) is 5.26 Å². The molecule has 0 aliphatic carbocycles. The molecule has 8 heteroatoms. The van der Waals surface area contributed by atoms with Gasteiger partial charge in [-0.05, 0) is 19.1 Å². The first kappa shape index (κ1) is 16.1. The molecule has 0 heterocycles. The predicted octanol–water partition coefficient (Wildman–Crippen LogP) is 3.37. The molecule has 0 atom stereocenters. The van der Waals surface area contributed by atoms with E-state index in [4.69, 9.17) is 21.6 Å². The van der Waals surface area contributed by atoms with Gasteiger partial charge in [-0.1, -0.05) is 0 Å². The molecule has 0 aromatic heterocycles. The molecule has 0 radical (unpaired) electrons. The van der Waals surface area contributed by atoms with Gasteiger partial charge in [0.15, 0.2) is 0 Å². The van der Waals surface area contributed by atoms with Crippen molar-refractivity contribution >= 4 is 17.6 Å². The van der Waals surface area contributed by atoms with Crippen LogP contribution in [0, 0.1) is 11.3 Å². The number of hydrogen-bond donors (Lipinski definition) is 0. The Bertz CT molecular complexity index is 552. The molecule has 1 aromatic carbocycles. The van der Waals surface area contributed by atoms with Gasteiger partial charge in [-0.25, -0.2) is 4.79 Å². The lowest BCUT2D eigenvalue weighted by molar-refractivity contribution is -0.274. The number of esters is 1. The first-order chi connectivity index (χ1) is 9.32. The molecule has 0 unspecified atom stereocenters. The second-order valence-corrected chi connectivity index (χ2v) is 3.78. The lowest BCUT2D eigenvalue weighted by Gasteiger charge is -2.15. The Kier molecular flexibility index (Phi) is 5.22. The highest BCUT2D eigenvalue weighted by molar-refractivity contribution is 6.18. The number of alkyl halides is 4. The minimum Gasteiger partial charge on any atom is -0.462 e. The molecule has 0 saturated carbocycles. The molecule has 0 fully saturated rings. The molecule has 0 amide bonds. The summed E-state index contributed by atoms with van der Waals surface area (Å²) in [6.07, 6.45) is -4.96. The van der Waals surface area contributed by atoms with Crippen LogP contribution in [0.15, 0.2) is 12.1 Å². The normalized spacial score (nSPS) is 10.8. The number of halogens is 4. The minimum atomic E-state index is -4.96. The second kappa shape index (κ2) is 6.48. The largest absolute Gasteiger partial charge is 0.573 e. The van der Waals surface area contributed by atoms with Crippen molar-refractivity contribution in [2.24, 2.45) is 0 Å². The summed E-state index contributed by atoms with van der Waals surface area (Å²) in [5, 5.41) is 8.79. The number of rotatable bonds is 4. The van der Waals surface area contributed by atoms with Crippen molar-refractivity contribution in [1.82, 2.24) is 0 Å². The van der Waals surface area contributed by atoms with Crippen molar-refractivity contribution in [3.63, 3.8) is 0 Å². The molecule has 0 aliphatic rings. The van der Waals surface area contributed by atoms with Crippen LogP contribution in [-0.4, -0.2) is 18.9 Å². The molecule has 108 valence electrons. The molecule has 0 aliphatic heterocycles. The quantitative estimate of drug-likeness (QED) is 0.632. The maximum atomic E-state index is 12.3. The van der Waals surface area contributed by atoms with Crippen molar-refractivity contribution in [2.75, 3.05) is 6.61 Å². The Morgan fingerprint density at radius 1 is 1.45 bits per heavy atom. The van der Waals surface area contributed by atoms with E-state index >= 15 is 0 Å². The zero-order valence-electron chi connectivity index (χ0n) is 10.3. The van der Waals surface area contributed by atoms with E-state index in [0.29, 0.717) is 0 Å². The highest BCUT2D eigenvalue weighted by Gasteiger charge is 2.33. The maximum Gasteiger partial charge on any atom is 0.573 e. The third-order valence-electron chi connectivity index (χ3n) is 2.19. The van der Waals surface area contributed by atoms with Gasteiger partial charge in [0.2, 0.25) is 0 Å². The predicted molar refractivity (Wildman–Crippen MR) is 63.4 cm³/mol. The van der Waals surface area contributed by atoms with Gasteiger partial charge < -0.3 is 9.47 Å². The van der Waals surface area contributed by atoms with Gasteiger partial charge in [0.05, 0.1) is 29.7 Å². The molecular weight excluding hydrogens is 299 g/mol. The Balaban J connectivity index is 3.39. The van der Waals surface area contributed by atoms with Gasteiger partial charge >= 0.3 is 12.3 Å². The third-order valence-corrected chi connectivity index (χ3v) is 2.46. The summed E-state index contributed by atoms with van der Waals surface area (Å²) >= 11 is 5.57. The van der Waals surface area contributed by atoms with Crippen LogP contribution in [0.3, 0.4) is 0 Å². The van der Waals surface area contributed by atoms with Gasteiger partial charge in [-0.3, -0.25) is 0 Å². The maximum absolute atomic E-state index is 12.3. The Labute approximate surface area is 117 Å².